The molecule has 0 spiro atoms. The minimum atomic E-state index is -0.384. The van der Waals surface area contributed by atoms with E-state index in [1.165, 1.54) is 0 Å². The molecule has 1 aromatic heterocycles. The van der Waals surface area contributed by atoms with Crippen LogP contribution in [0.2, 0.25) is 0 Å². The van der Waals surface area contributed by atoms with E-state index in [0.29, 0.717) is 6.54 Å². The molecule has 0 aliphatic rings. The van der Waals surface area contributed by atoms with Crippen molar-refractivity contribution >= 4 is 28.4 Å². The molecule has 0 radical (unpaired) electrons. The number of carbonyl (C=O) groups excluding carboxylic acids is 2. The first-order valence-corrected chi connectivity index (χ1v) is 8.23. The van der Waals surface area contributed by atoms with E-state index in [4.69, 9.17) is 5.73 Å². The van der Waals surface area contributed by atoms with Gasteiger partial charge in [0.25, 0.3) is 0 Å². The third kappa shape index (κ3) is 4.07. The van der Waals surface area contributed by atoms with E-state index in [0.717, 1.165) is 27.8 Å². The molecule has 1 heterocycles. The number of nitrogens with two attached hydrogens (primary N) is 1. The van der Waals surface area contributed by atoms with Crippen molar-refractivity contribution in [3.8, 4) is 5.69 Å². The summed E-state index contributed by atoms with van der Waals surface area (Å²) < 4.78 is 1.75. The Labute approximate surface area is 151 Å². The van der Waals surface area contributed by atoms with Gasteiger partial charge in [0.15, 0.2) is 0 Å². The van der Waals surface area contributed by atoms with Gasteiger partial charge in [-0.2, -0.15) is 5.10 Å². The first-order chi connectivity index (χ1) is 12.4. The van der Waals surface area contributed by atoms with Gasteiger partial charge in [0.05, 0.1) is 24.2 Å². The lowest BCUT2D eigenvalue weighted by molar-refractivity contribution is -0.118. The maximum Gasteiger partial charge on any atom is 0.238 e. The van der Waals surface area contributed by atoms with E-state index >= 15 is 0 Å². The van der Waals surface area contributed by atoms with E-state index in [1.54, 1.807) is 4.68 Å². The number of amides is 2. The van der Waals surface area contributed by atoms with Crippen molar-refractivity contribution in [3.63, 3.8) is 0 Å². The number of nitrogens with zero attached hydrogens (tertiary/aromatic N) is 3. The van der Waals surface area contributed by atoms with Crippen LogP contribution < -0.4 is 11.1 Å². The number of likely N-dealkylation sites (N-methyl/N-ethyl adjacent to an activating group) is 1. The average Bonchev–Trinajstić information content (AvgIpc) is 2.99. The molecule has 26 heavy (non-hydrogen) atoms. The number of anilines is 1. The topological polar surface area (TPSA) is 93.3 Å². The molecular formula is C19H21N5O2. The Morgan fingerprint density at radius 1 is 1.15 bits per heavy atom. The highest BCUT2D eigenvalue weighted by Crippen LogP contribution is 2.21. The molecule has 0 aliphatic heterocycles. The maximum absolute atomic E-state index is 11.8. The number of primary amides is 1. The highest BCUT2D eigenvalue weighted by molar-refractivity contribution is 5.92. The Bertz CT molecular complexity index is 944. The van der Waals surface area contributed by atoms with Crippen LogP contribution in [-0.4, -0.2) is 47.1 Å². The van der Waals surface area contributed by atoms with Gasteiger partial charge >= 0.3 is 0 Å². The largest absolute Gasteiger partial charge is 0.369 e. The zero-order chi connectivity index (χ0) is 18.7. The molecule has 134 valence electrons. The van der Waals surface area contributed by atoms with Crippen molar-refractivity contribution in [2.75, 3.05) is 26.0 Å². The Morgan fingerprint density at radius 3 is 2.54 bits per heavy atom. The van der Waals surface area contributed by atoms with E-state index in [9.17, 15) is 9.59 Å². The Balaban J connectivity index is 1.83. The summed E-state index contributed by atoms with van der Waals surface area (Å²) in [5.41, 5.74) is 8.46. The normalized spacial score (nSPS) is 11.0. The molecule has 0 aliphatic carbocycles. The standard InChI is InChI=1S/C19H21N5O2/c1-23(2)12-18(26)21-15-6-8-16(9-7-15)24-11-14-5-3-4-13(10-17(20)25)19(14)22-24/h3-9,11H,10,12H2,1-2H3,(H2,20,25)(H,21,26). The van der Waals surface area contributed by atoms with Crippen LogP contribution in [0.25, 0.3) is 16.6 Å². The third-order valence-electron chi connectivity index (χ3n) is 3.86. The van der Waals surface area contributed by atoms with Gasteiger partial charge < -0.3 is 16.0 Å². The summed E-state index contributed by atoms with van der Waals surface area (Å²) in [6.07, 6.45) is 2.06. The number of aromatic nitrogens is 2. The summed E-state index contributed by atoms with van der Waals surface area (Å²) in [4.78, 5) is 24.9. The molecule has 3 N–H and O–H groups in total. The molecule has 3 aromatic rings. The fraction of sp³-hybridized carbons (Fsp3) is 0.211. The number of rotatable bonds is 6. The predicted octanol–water partition coefficient (Wildman–Crippen LogP) is 1.55. The lowest BCUT2D eigenvalue weighted by atomic mass is 10.1. The van der Waals surface area contributed by atoms with Crippen LogP contribution in [0.15, 0.2) is 48.7 Å². The van der Waals surface area contributed by atoms with Crippen molar-refractivity contribution in [1.29, 1.82) is 0 Å². The van der Waals surface area contributed by atoms with Crippen molar-refractivity contribution in [2.24, 2.45) is 5.73 Å². The number of fused-ring (bicyclic) bond motifs is 1. The van der Waals surface area contributed by atoms with E-state index in [-0.39, 0.29) is 18.2 Å². The zero-order valence-electron chi connectivity index (χ0n) is 14.8. The number of carbonyl (C=O) groups is 2. The Kier molecular flexibility index (Phi) is 4.99. The van der Waals surface area contributed by atoms with Gasteiger partial charge in [-0.3, -0.25) is 9.59 Å². The van der Waals surface area contributed by atoms with Crippen LogP contribution in [0.4, 0.5) is 5.69 Å². The van der Waals surface area contributed by atoms with Crippen LogP contribution in [0, 0.1) is 0 Å². The Morgan fingerprint density at radius 2 is 1.88 bits per heavy atom. The molecule has 0 fully saturated rings. The maximum atomic E-state index is 11.8. The van der Waals surface area contributed by atoms with Crippen LogP contribution in [0.1, 0.15) is 5.56 Å². The second-order valence-corrected chi connectivity index (χ2v) is 6.40. The summed E-state index contributed by atoms with van der Waals surface area (Å²) in [6.45, 7) is 0.328. The van der Waals surface area contributed by atoms with E-state index in [1.807, 2.05) is 67.7 Å². The Hall–Kier alpha value is -3.19. The van der Waals surface area contributed by atoms with Gasteiger partial charge in [-0.25, -0.2) is 4.68 Å². The van der Waals surface area contributed by atoms with Crippen molar-refractivity contribution in [3.05, 3.63) is 54.2 Å². The minimum absolute atomic E-state index is 0.0660. The van der Waals surface area contributed by atoms with Gasteiger partial charge in [0.1, 0.15) is 0 Å². The fourth-order valence-electron chi connectivity index (χ4n) is 2.75. The molecule has 7 nitrogen and oxygen atoms in total. The van der Waals surface area contributed by atoms with Crippen molar-refractivity contribution in [1.82, 2.24) is 14.7 Å². The van der Waals surface area contributed by atoms with E-state index in [2.05, 4.69) is 10.4 Å². The molecule has 0 bridgehead atoms. The summed E-state index contributed by atoms with van der Waals surface area (Å²) in [6, 6.07) is 13.1. The van der Waals surface area contributed by atoms with E-state index < -0.39 is 0 Å². The molecule has 7 heteroatoms. The first kappa shape index (κ1) is 17.6. The molecule has 0 saturated heterocycles. The highest BCUT2D eigenvalue weighted by atomic mass is 16.2. The van der Waals surface area contributed by atoms with Crippen molar-refractivity contribution < 1.29 is 9.59 Å². The molecular weight excluding hydrogens is 330 g/mol. The number of nitrogens with one attached hydrogen (secondary N) is 1. The monoisotopic (exact) mass is 351 g/mol. The van der Waals surface area contributed by atoms with Gasteiger partial charge in [-0.15, -0.1) is 0 Å². The quantitative estimate of drug-likeness (QED) is 0.705. The van der Waals surface area contributed by atoms with Crippen LogP contribution >= 0.6 is 0 Å². The summed E-state index contributed by atoms with van der Waals surface area (Å²) >= 11 is 0. The summed E-state index contributed by atoms with van der Waals surface area (Å²) in [5.74, 6) is -0.450. The smallest absolute Gasteiger partial charge is 0.238 e. The second-order valence-electron chi connectivity index (χ2n) is 6.40. The molecule has 0 saturated carbocycles. The average molecular weight is 351 g/mol. The second kappa shape index (κ2) is 7.37. The van der Waals surface area contributed by atoms with Crippen LogP contribution in [0.3, 0.4) is 0 Å². The first-order valence-electron chi connectivity index (χ1n) is 8.23. The van der Waals surface area contributed by atoms with Gasteiger partial charge in [0, 0.05) is 17.3 Å². The summed E-state index contributed by atoms with van der Waals surface area (Å²) in [5, 5.41) is 8.37. The minimum Gasteiger partial charge on any atom is -0.369 e. The lowest BCUT2D eigenvalue weighted by Gasteiger charge is -2.10. The fourth-order valence-corrected chi connectivity index (χ4v) is 2.75. The molecule has 2 amide bonds. The molecule has 0 unspecified atom stereocenters. The molecule has 3 rings (SSSR count). The van der Waals surface area contributed by atoms with Crippen molar-refractivity contribution in [2.45, 2.75) is 6.42 Å². The number of benzene rings is 2. The van der Waals surface area contributed by atoms with Crippen LogP contribution in [-0.2, 0) is 16.0 Å². The van der Waals surface area contributed by atoms with Gasteiger partial charge in [-0.1, -0.05) is 18.2 Å². The summed E-state index contributed by atoms with van der Waals surface area (Å²) in [7, 11) is 3.69. The van der Waals surface area contributed by atoms with Gasteiger partial charge in [-0.05, 0) is 43.9 Å². The SMILES string of the molecule is CN(C)CC(=O)Nc1ccc(-n2cc3cccc(CC(N)=O)c3n2)cc1. The predicted molar refractivity (Wildman–Crippen MR) is 101 cm³/mol. The highest BCUT2D eigenvalue weighted by Gasteiger charge is 2.10. The number of hydrogen-bond acceptors (Lipinski definition) is 4. The lowest BCUT2D eigenvalue weighted by Crippen LogP contribution is -2.27. The third-order valence-corrected chi connectivity index (χ3v) is 3.86. The molecule has 2 aromatic carbocycles. The zero-order valence-corrected chi connectivity index (χ0v) is 14.8. The number of hydrogen-bond donors (Lipinski definition) is 2. The van der Waals surface area contributed by atoms with Crippen LogP contribution in [0.5, 0.6) is 0 Å². The van der Waals surface area contributed by atoms with Gasteiger partial charge in [0.2, 0.25) is 11.8 Å². The molecule has 0 atom stereocenters.